The zero-order valence-corrected chi connectivity index (χ0v) is 8.47. The van der Waals surface area contributed by atoms with Crippen molar-refractivity contribution in [3.8, 4) is 0 Å². The third-order valence-electron chi connectivity index (χ3n) is 2.33. The second-order valence-electron chi connectivity index (χ2n) is 3.55. The molecule has 0 fully saturated rings. The second-order valence-corrected chi connectivity index (χ2v) is 3.55. The molecule has 1 N–H and O–H groups in total. The number of hydrogen-bond donors (Lipinski definition) is 1. The van der Waals surface area contributed by atoms with Crippen LogP contribution in [0.3, 0.4) is 0 Å². The van der Waals surface area contributed by atoms with E-state index in [0.29, 0.717) is 12.5 Å². The van der Waals surface area contributed by atoms with Crippen LogP contribution in [0.5, 0.6) is 0 Å². The van der Waals surface area contributed by atoms with Crippen LogP contribution in [-0.2, 0) is 0 Å². The Bertz CT molecular complexity index is 118. The summed E-state index contributed by atoms with van der Waals surface area (Å²) in [5, 5.41) is 8.80. The Morgan fingerprint density at radius 2 is 2.00 bits per heavy atom. The molecule has 12 heavy (non-hydrogen) atoms. The van der Waals surface area contributed by atoms with Crippen molar-refractivity contribution in [3.63, 3.8) is 0 Å². The second kappa shape index (κ2) is 7.35. The highest BCUT2D eigenvalue weighted by Crippen LogP contribution is 2.20. The third kappa shape index (κ3) is 5.36. The maximum absolute atomic E-state index is 8.80. The van der Waals surface area contributed by atoms with Crippen LogP contribution >= 0.6 is 0 Å². The lowest BCUT2D eigenvalue weighted by Crippen LogP contribution is -2.04. The number of hydrogen-bond acceptors (Lipinski definition) is 1. The van der Waals surface area contributed by atoms with E-state index in [0.717, 1.165) is 6.42 Å². The van der Waals surface area contributed by atoms with E-state index in [1.54, 1.807) is 0 Å². The quantitative estimate of drug-likeness (QED) is 0.459. The van der Waals surface area contributed by atoms with Gasteiger partial charge in [0, 0.05) is 6.61 Å². The average molecular weight is 170 g/mol. The van der Waals surface area contributed by atoms with Crippen LogP contribution < -0.4 is 0 Å². The molecule has 1 nitrogen and oxygen atoms in total. The smallest absolute Gasteiger partial charge is 0.0436 e. The van der Waals surface area contributed by atoms with Crippen LogP contribution in [0.2, 0.25) is 0 Å². The molecule has 1 heteroatoms. The van der Waals surface area contributed by atoms with E-state index >= 15 is 0 Å². The minimum absolute atomic E-state index is 0.295. The van der Waals surface area contributed by atoms with Gasteiger partial charge in [0.25, 0.3) is 0 Å². The van der Waals surface area contributed by atoms with E-state index in [4.69, 9.17) is 5.11 Å². The fourth-order valence-electron chi connectivity index (χ4n) is 1.43. The molecule has 0 saturated heterocycles. The molecule has 0 aromatic rings. The van der Waals surface area contributed by atoms with Gasteiger partial charge in [-0.05, 0) is 25.7 Å². The molecule has 0 spiro atoms. The van der Waals surface area contributed by atoms with Crippen LogP contribution in [0.1, 0.15) is 46.0 Å². The lowest BCUT2D eigenvalue weighted by molar-refractivity contribution is 0.261. The summed E-state index contributed by atoms with van der Waals surface area (Å²) in [6, 6.07) is 0. The Labute approximate surface area is 76.5 Å². The SMILES string of the molecule is C=C(C)C(CCO)CCCCC. The first-order valence-electron chi connectivity index (χ1n) is 4.98. The minimum Gasteiger partial charge on any atom is -0.396 e. The fourth-order valence-corrected chi connectivity index (χ4v) is 1.43. The minimum atomic E-state index is 0.295. The molecule has 0 aromatic carbocycles. The molecular formula is C11H22O. The number of rotatable bonds is 7. The van der Waals surface area contributed by atoms with Gasteiger partial charge in [0.2, 0.25) is 0 Å². The van der Waals surface area contributed by atoms with E-state index in [9.17, 15) is 0 Å². The van der Waals surface area contributed by atoms with Crippen molar-refractivity contribution in [2.45, 2.75) is 46.0 Å². The number of aliphatic hydroxyl groups excluding tert-OH is 1. The standard InChI is InChI=1S/C11H22O/c1-4-5-6-7-11(8-9-12)10(2)3/h11-12H,2,4-9H2,1,3H3. The van der Waals surface area contributed by atoms with E-state index in [1.807, 2.05) is 0 Å². The van der Waals surface area contributed by atoms with Gasteiger partial charge in [0.05, 0.1) is 0 Å². The third-order valence-corrected chi connectivity index (χ3v) is 2.33. The summed E-state index contributed by atoms with van der Waals surface area (Å²) < 4.78 is 0. The normalized spacial score (nSPS) is 12.9. The van der Waals surface area contributed by atoms with Gasteiger partial charge in [-0.25, -0.2) is 0 Å². The molecular weight excluding hydrogens is 148 g/mol. The molecule has 0 radical (unpaired) electrons. The van der Waals surface area contributed by atoms with Crippen LogP contribution in [0.15, 0.2) is 12.2 Å². The highest BCUT2D eigenvalue weighted by molar-refractivity contribution is 4.95. The van der Waals surface area contributed by atoms with Gasteiger partial charge in [-0.3, -0.25) is 0 Å². The van der Waals surface area contributed by atoms with Crippen molar-refractivity contribution < 1.29 is 5.11 Å². The lowest BCUT2D eigenvalue weighted by atomic mass is 9.92. The molecule has 0 bridgehead atoms. The summed E-state index contributed by atoms with van der Waals surface area (Å²) in [7, 11) is 0. The van der Waals surface area contributed by atoms with Gasteiger partial charge in [-0.2, -0.15) is 0 Å². The summed E-state index contributed by atoms with van der Waals surface area (Å²) >= 11 is 0. The average Bonchev–Trinajstić information content (AvgIpc) is 2.03. The van der Waals surface area contributed by atoms with Crippen molar-refractivity contribution in [3.05, 3.63) is 12.2 Å². The van der Waals surface area contributed by atoms with Gasteiger partial charge in [0.1, 0.15) is 0 Å². The summed E-state index contributed by atoms with van der Waals surface area (Å²) in [6.45, 7) is 8.51. The Kier molecular flexibility index (Phi) is 7.17. The van der Waals surface area contributed by atoms with Gasteiger partial charge in [-0.1, -0.05) is 38.3 Å². The zero-order chi connectivity index (χ0) is 9.40. The van der Waals surface area contributed by atoms with E-state index in [1.165, 1.54) is 31.3 Å². The van der Waals surface area contributed by atoms with Crippen LogP contribution in [0, 0.1) is 5.92 Å². The van der Waals surface area contributed by atoms with Gasteiger partial charge < -0.3 is 5.11 Å². The Morgan fingerprint density at radius 1 is 1.33 bits per heavy atom. The molecule has 1 atom stereocenters. The first kappa shape index (κ1) is 11.7. The highest BCUT2D eigenvalue weighted by Gasteiger charge is 2.07. The zero-order valence-electron chi connectivity index (χ0n) is 8.47. The van der Waals surface area contributed by atoms with Crippen molar-refractivity contribution >= 4 is 0 Å². The summed E-state index contributed by atoms with van der Waals surface area (Å²) in [5.41, 5.74) is 1.22. The predicted octanol–water partition coefficient (Wildman–Crippen LogP) is 3.14. The molecule has 0 rings (SSSR count). The van der Waals surface area contributed by atoms with Crippen molar-refractivity contribution in [1.82, 2.24) is 0 Å². The predicted molar refractivity (Wildman–Crippen MR) is 54.1 cm³/mol. The molecule has 0 aromatic heterocycles. The first-order chi connectivity index (χ1) is 5.72. The largest absolute Gasteiger partial charge is 0.396 e. The molecule has 1 unspecified atom stereocenters. The number of unbranched alkanes of at least 4 members (excludes halogenated alkanes) is 2. The number of allylic oxidation sites excluding steroid dienone is 1. The van der Waals surface area contributed by atoms with Gasteiger partial charge in [-0.15, -0.1) is 0 Å². The maximum Gasteiger partial charge on any atom is 0.0436 e. The Hall–Kier alpha value is -0.300. The Balaban J connectivity index is 3.56. The maximum atomic E-state index is 8.80. The fraction of sp³-hybridized carbons (Fsp3) is 0.818. The topological polar surface area (TPSA) is 20.2 Å². The molecule has 0 amide bonds. The van der Waals surface area contributed by atoms with Crippen molar-refractivity contribution in [1.29, 1.82) is 0 Å². The van der Waals surface area contributed by atoms with Crippen LogP contribution in [-0.4, -0.2) is 11.7 Å². The monoisotopic (exact) mass is 170 g/mol. The Morgan fingerprint density at radius 3 is 2.42 bits per heavy atom. The van der Waals surface area contributed by atoms with E-state index < -0.39 is 0 Å². The summed E-state index contributed by atoms with van der Waals surface area (Å²) in [4.78, 5) is 0. The lowest BCUT2D eigenvalue weighted by Gasteiger charge is -2.14. The molecule has 0 aliphatic carbocycles. The first-order valence-corrected chi connectivity index (χ1v) is 4.98. The molecule has 0 saturated carbocycles. The summed E-state index contributed by atoms with van der Waals surface area (Å²) in [6.07, 6.45) is 5.92. The molecule has 0 aliphatic rings. The summed E-state index contributed by atoms with van der Waals surface area (Å²) in [5.74, 6) is 0.543. The van der Waals surface area contributed by atoms with Gasteiger partial charge in [0.15, 0.2) is 0 Å². The van der Waals surface area contributed by atoms with E-state index in [-0.39, 0.29) is 0 Å². The highest BCUT2D eigenvalue weighted by atomic mass is 16.3. The molecule has 72 valence electrons. The molecule has 0 heterocycles. The van der Waals surface area contributed by atoms with Gasteiger partial charge >= 0.3 is 0 Å². The van der Waals surface area contributed by atoms with Crippen LogP contribution in [0.4, 0.5) is 0 Å². The van der Waals surface area contributed by atoms with Crippen molar-refractivity contribution in [2.75, 3.05) is 6.61 Å². The number of aliphatic hydroxyl groups is 1. The van der Waals surface area contributed by atoms with E-state index in [2.05, 4.69) is 20.4 Å². The molecule has 0 aliphatic heterocycles. The van der Waals surface area contributed by atoms with Crippen LogP contribution in [0.25, 0.3) is 0 Å². The van der Waals surface area contributed by atoms with Crippen molar-refractivity contribution in [2.24, 2.45) is 5.92 Å².